The SMILES string of the molecule is CCOC(=O)/C(C(=S)Nc1ccccc1)=C(/C)[O-].CCOC(=O)/C(C(=S)Nc1ccccc1)=C(\C)[O-].[Co+2]. The molecular formula is C26H28CoN2O6S2. The van der Waals surface area contributed by atoms with Gasteiger partial charge in [0.2, 0.25) is 0 Å². The van der Waals surface area contributed by atoms with Crippen LogP contribution in [0.4, 0.5) is 11.4 Å². The third-order valence-corrected chi connectivity index (χ3v) is 4.79. The molecule has 0 unspecified atom stereocenters. The van der Waals surface area contributed by atoms with E-state index in [4.69, 9.17) is 33.9 Å². The Morgan fingerprint density at radius 2 is 1.00 bits per heavy atom. The van der Waals surface area contributed by atoms with Gasteiger partial charge in [-0.1, -0.05) is 74.7 Å². The van der Waals surface area contributed by atoms with Gasteiger partial charge in [0.1, 0.15) is 9.98 Å². The third-order valence-electron chi connectivity index (χ3n) is 4.18. The van der Waals surface area contributed by atoms with Gasteiger partial charge in [0.15, 0.2) is 0 Å². The molecule has 0 atom stereocenters. The summed E-state index contributed by atoms with van der Waals surface area (Å²) < 4.78 is 9.60. The molecule has 2 aromatic carbocycles. The maximum atomic E-state index is 11.6. The largest absolute Gasteiger partial charge is 2.00 e. The minimum atomic E-state index is -0.696. The molecule has 2 N–H and O–H groups in total. The number of carbonyl (C=O) groups is 2. The molecule has 0 fully saturated rings. The minimum absolute atomic E-state index is 0. The first-order chi connectivity index (χ1) is 17.1. The molecule has 2 rings (SSSR count). The first kappa shape index (κ1) is 33.7. The van der Waals surface area contributed by atoms with E-state index in [0.717, 1.165) is 0 Å². The van der Waals surface area contributed by atoms with Crippen LogP contribution in [0.15, 0.2) is 83.3 Å². The van der Waals surface area contributed by atoms with Crippen LogP contribution in [0.3, 0.4) is 0 Å². The molecule has 0 saturated carbocycles. The summed E-state index contributed by atoms with van der Waals surface area (Å²) in [5, 5.41) is 28.5. The van der Waals surface area contributed by atoms with E-state index < -0.39 is 23.5 Å². The topological polar surface area (TPSA) is 123 Å². The average molecular weight is 588 g/mol. The molecule has 0 aromatic heterocycles. The number of nitrogens with one attached hydrogen (secondary N) is 2. The predicted octanol–water partition coefficient (Wildman–Crippen LogP) is 3.24. The van der Waals surface area contributed by atoms with E-state index in [0.29, 0.717) is 11.4 Å². The van der Waals surface area contributed by atoms with Crippen molar-refractivity contribution < 1.29 is 46.1 Å². The molecule has 0 aliphatic rings. The van der Waals surface area contributed by atoms with Crippen molar-refractivity contribution in [1.82, 2.24) is 0 Å². The summed E-state index contributed by atoms with van der Waals surface area (Å²) in [6, 6.07) is 18.1. The normalized spacial score (nSPS) is 11.1. The number of ether oxygens (including phenoxy) is 2. The van der Waals surface area contributed by atoms with Crippen LogP contribution in [0.5, 0.6) is 0 Å². The van der Waals surface area contributed by atoms with Gasteiger partial charge in [-0.25, -0.2) is 9.59 Å². The summed E-state index contributed by atoms with van der Waals surface area (Å²) in [5.41, 5.74) is 1.17. The fraction of sp³-hybridized carbons (Fsp3) is 0.231. The van der Waals surface area contributed by atoms with Crippen LogP contribution in [0, 0.1) is 0 Å². The van der Waals surface area contributed by atoms with E-state index in [1.54, 1.807) is 38.1 Å². The number of allylic oxidation sites excluding steroid dienone is 2. The van der Waals surface area contributed by atoms with Gasteiger partial charge in [0.05, 0.1) is 24.4 Å². The average Bonchev–Trinajstić information content (AvgIpc) is 2.81. The Morgan fingerprint density at radius 3 is 1.24 bits per heavy atom. The molecule has 0 saturated heterocycles. The molecule has 0 aliphatic carbocycles. The van der Waals surface area contributed by atoms with E-state index in [-0.39, 0.29) is 51.1 Å². The summed E-state index contributed by atoms with van der Waals surface area (Å²) in [7, 11) is 0. The summed E-state index contributed by atoms with van der Waals surface area (Å²) >= 11 is 10.1. The number of anilines is 2. The third kappa shape index (κ3) is 12.0. The van der Waals surface area contributed by atoms with Crippen molar-refractivity contribution in [3.63, 3.8) is 0 Å². The van der Waals surface area contributed by atoms with Crippen LogP contribution in [0.1, 0.15) is 27.7 Å². The Bertz CT molecular complexity index is 1020. The number of esters is 2. The van der Waals surface area contributed by atoms with Crippen molar-refractivity contribution in [2.24, 2.45) is 0 Å². The van der Waals surface area contributed by atoms with Crippen molar-refractivity contribution in [2.75, 3.05) is 23.8 Å². The standard InChI is InChI=1S/2C13H15NO3S.Co/c2*1-3-17-13(16)11(9(2)15)12(18)14-10-7-5-4-6-8-10;/h2*4-8,15H,3H2,1-2H3,(H,14,18);/q;;+2/p-2/b11-9+;11-9-;. The van der Waals surface area contributed by atoms with Crippen molar-refractivity contribution in [2.45, 2.75) is 27.7 Å². The fourth-order valence-corrected chi connectivity index (χ4v) is 3.32. The zero-order valence-electron chi connectivity index (χ0n) is 20.8. The van der Waals surface area contributed by atoms with Gasteiger partial charge in [-0.15, -0.1) is 11.5 Å². The van der Waals surface area contributed by atoms with Gasteiger partial charge < -0.3 is 30.3 Å². The first-order valence-corrected chi connectivity index (χ1v) is 11.8. The molecule has 0 heterocycles. The fourth-order valence-electron chi connectivity index (χ4n) is 2.63. The van der Waals surface area contributed by atoms with E-state index >= 15 is 0 Å². The Hall–Kier alpha value is -3.25. The van der Waals surface area contributed by atoms with Gasteiger partial charge in [-0.2, -0.15) is 0 Å². The Balaban J connectivity index is 0.000000682. The number of carbonyl (C=O) groups excluding carboxylic acids is 2. The minimum Gasteiger partial charge on any atom is -0.875 e. The maximum absolute atomic E-state index is 11.6. The van der Waals surface area contributed by atoms with Gasteiger partial charge in [-0.3, -0.25) is 0 Å². The van der Waals surface area contributed by atoms with E-state index in [1.807, 2.05) is 36.4 Å². The summed E-state index contributed by atoms with van der Waals surface area (Å²) in [6.45, 7) is 6.30. The summed E-state index contributed by atoms with van der Waals surface area (Å²) in [5.74, 6) is -2.22. The van der Waals surface area contributed by atoms with Crippen LogP contribution < -0.4 is 20.8 Å². The zero-order valence-corrected chi connectivity index (χ0v) is 23.5. The molecule has 0 bridgehead atoms. The van der Waals surface area contributed by atoms with Crippen molar-refractivity contribution >= 4 is 57.7 Å². The molecule has 0 aliphatic heterocycles. The van der Waals surface area contributed by atoms with Crippen molar-refractivity contribution in [1.29, 1.82) is 0 Å². The molecular weight excluding hydrogens is 559 g/mol. The Kier molecular flexibility index (Phi) is 16.5. The molecule has 8 nitrogen and oxygen atoms in total. The number of benzene rings is 2. The van der Waals surface area contributed by atoms with Crippen LogP contribution in [0.25, 0.3) is 0 Å². The van der Waals surface area contributed by atoms with Gasteiger partial charge in [0.25, 0.3) is 0 Å². The van der Waals surface area contributed by atoms with Crippen LogP contribution in [0.2, 0.25) is 0 Å². The quantitative estimate of drug-likeness (QED) is 0.206. The van der Waals surface area contributed by atoms with Crippen LogP contribution in [-0.4, -0.2) is 35.1 Å². The molecule has 0 spiro atoms. The maximum Gasteiger partial charge on any atom is 2.00 e. The number of rotatable bonds is 8. The molecule has 2 aromatic rings. The van der Waals surface area contributed by atoms with Gasteiger partial charge in [0, 0.05) is 11.4 Å². The second-order valence-corrected chi connectivity index (χ2v) is 7.76. The molecule has 199 valence electrons. The van der Waals surface area contributed by atoms with E-state index in [2.05, 4.69) is 10.6 Å². The number of hydrogen-bond donors (Lipinski definition) is 2. The molecule has 11 heteroatoms. The smallest absolute Gasteiger partial charge is 0.875 e. The Morgan fingerprint density at radius 1 is 0.703 bits per heavy atom. The number of hydrogen-bond acceptors (Lipinski definition) is 8. The zero-order chi connectivity index (χ0) is 27.1. The van der Waals surface area contributed by atoms with Crippen molar-refractivity contribution in [3.05, 3.63) is 83.3 Å². The molecule has 1 radical (unpaired) electrons. The first-order valence-electron chi connectivity index (χ1n) is 10.9. The number of para-hydroxylation sites is 2. The predicted molar refractivity (Wildman–Crippen MR) is 144 cm³/mol. The second kappa shape index (κ2) is 18.1. The summed E-state index contributed by atoms with van der Waals surface area (Å²) in [4.78, 5) is 23.4. The molecule has 0 amide bonds. The summed E-state index contributed by atoms with van der Waals surface area (Å²) in [6.07, 6.45) is 0. The van der Waals surface area contributed by atoms with Crippen LogP contribution in [-0.2, 0) is 35.8 Å². The van der Waals surface area contributed by atoms with Gasteiger partial charge >= 0.3 is 28.7 Å². The second-order valence-electron chi connectivity index (χ2n) is 6.94. The van der Waals surface area contributed by atoms with E-state index in [1.165, 1.54) is 13.8 Å². The Labute approximate surface area is 238 Å². The number of thiocarbonyl (C=S) groups is 2. The molecule has 37 heavy (non-hydrogen) atoms. The monoisotopic (exact) mass is 587 g/mol. The van der Waals surface area contributed by atoms with Gasteiger partial charge in [-0.05, 0) is 38.1 Å². The van der Waals surface area contributed by atoms with Crippen molar-refractivity contribution in [3.8, 4) is 0 Å². The van der Waals surface area contributed by atoms with Crippen LogP contribution >= 0.6 is 24.4 Å². The van der Waals surface area contributed by atoms with E-state index in [9.17, 15) is 19.8 Å².